The maximum atomic E-state index is 2.36. The van der Waals surface area contributed by atoms with E-state index in [-0.39, 0.29) is 24.8 Å². The SMILES string of the molecule is CC1=C(C)C(C)(C)C([CH2][Hf])=C1C.Cl.Cl. The van der Waals surface area contributed by atoms with Crippen LogP contribution in [0.25, 0.3) is 0 Å². The van der Waals surface area contributed by atoms with Gasteiger partial charge in [0, 0.05) is 0 Å². The third-order valence-electron chi connectivity index (χ3n) is 3.45. The summed E-state index contributed by atoms with van der Waals surface area (Å²) in [6.45, 7) is 11.5. The van der Waals surface area contributed by atoms with Crippen LogP contribution in [-0.2, 0) is 24.4 Å². The van der Waals surface area contributed by atoms with Crippen molar-refractivity contribution < 1.29 is 24.4 Å². The van der Waals surface area contributed by atoms with Gasteiger partial charge >= 0.3 is 90.9 Å². The quantitative estimate of drug-likeness (QED) is 0.569. The van der Waals surface area contributed by atoms with Gasteiger partial charge in [-0.15, -0.1) is 24.8 Å². The zero-order valence-electron chi connectivity index (χ0n) is 9.52. The summed E-state index contributed by atoms with van der Waals surface area (Å²) in [5.41, 5.74) is 6.71. The van der Waals surface area contributed by atoms with E-state index in [9.17, 15) is 0 Å². The van der Waals surface area contributed by atoms with Crippen molar-refractivity contribution in [3.63, 3.8) is 0 Å². The molecule has 0 fully saturated rings. The van der Waals surface area contributed by atoms with Crippen molar-refractivity contribution in [2.45, 2.75) is 38.8 Å². The van der Waals surface area contributed by atoms with Crippen LogP contribution in [0.4, 0.5) is 0 Å². The number of hydrogen-bond acceptors (Lipinski definition) is 0. The standard InChI is InChI=1S/C11H17.2ClH.Hf/c1-7-8(2)10(4)11(5,6)9(7)3;;;/h3H2,1-2,4-6H3;2*1H;. The fraction of sp³-hybridized carbons (Fsp3) is 0.636. The van der Waals surface area contributed by atoms with Gasteiger partial charge in [0.25, 0.3) is 0 Å². The van der Waals surface area contributed by atoms with Crippen molar-refractivity contribution in [3.8, 4) is 0 Å². The Labute approximate surface area is 115 Å². The van der Waals surface area contributed by atoms with E-state index in [1.807, 2.05) is 0 Å². The molecule has 0 radical (unpaired) electrons. The number of rotatable bonds is 1. The van der Waals surface area contributed by atoms with Crippen LogP contribution in [-0.4, -0.2) is 0 Å². The Bertz CT molecular complexity index is 275. The first-order valence-electron chi connectivity index (χ1n) is 4.46. The molecule has 0 saturated carbocycles. The summed E-state index contributed by atoms with van der Waals surface area (Å²) in [4.78, 5) is 0. The molecular weight excluding hydrogens is 382 g/mol. The fourth-order valence-electron chi connectivity index (χ4n) is 2.02. The van der Waals surface area contributed by atoms with Gasteiger partial charge in [-0.1, -0.05) is 0 Å². The maximum Gasteiger partial charge on any atom is -0.147 e. The van der Waals surface area contributed by atoms with Crippen molar-refractivity contribution in [2.75, 3.05) is 0 Å². The van der Waals surface area contributed by atoms with Gasteiger partial charge in [-0.3, -0.25) is 0 Å². The third kappa shape index (κ3) is 2.54. The molecular formula is C11H19Cl2Hf. The molecule has 0 spiro atoms. The zero-order chi connectivity index (χ0) is 9.52. The topological polar surface area (TPSA) is 0 Å². The van der Waals surface area contributed by atoms with Crippen LogP contribution in [0.3, 0.4) is 0 Å². The van der Waals surface area contributed by atoms with Gasteiger partial charge in [-0.2, -0.15) is 0 Å². The Balaban J connectivity index is 0. The molecule has 0 aliphatic heterocycles. The molecule has 14 heavy (non-hydrogen) atoms. The molecule has 0 nitrogen and oxygen atoms in total. The van der Waals surface area contributed by atoms with E-state index in [4.69, 9.17) is 0 Å². The second-order valence-electron chi connectivity index (χ2n) is 4.16. The smallest absolute Gasteiger partial charge is 0.147 e. The van der Waals surface area contributed by atoms with Crippen LogP contribution in [0.5, 0.6) is 0 Å². The Morgan fingerprint density at radius 1 is 1.00 bits per heavy atom. The van der Waals surface area contributed by atoms with Crippen molar-refractivity contribution >= 4 is 24.8 Å². The molecule has 0 saturated heterocycles. The Morgan fingerprint density at radius 3 is 1.57 bits per heavy atom. The van der Waals surface area contributed by atoms with Gasteiger partial charge in [-0.05, 0) is 0 Å². The third-order valence-corrected chi connectivity index (χ3v) is 4.72. The van der Waals surface area contributed by atoms with Crippen molar-refractivity contribution in [1.29, 1.82) is 0 Å². The zero-order valence-corrected chi connectivity index (χ0v) is 14.7. The van der Waals surface area contributed by atoms with Gasteiger partial charge < -0.3 is 0 Å². The molecule has 0 aromatic rings. The van der Waals surface area contributed by atoms with E-state index in [1.165, 1.54) is 34.1 Å². The molecule has 0 heterocycles. The van der Waals surface area contributed by atoms with Crippen LogP contribution in [0, 0.1) is 5.41 Å². The normalized spacial score (nSPS) is 19.1. The van der Waals surface area contributed by atoms with Crippen LogP contribution < -0.4 is 0 Å². The van der Waals surface area contributed by atoms with E-state index in [1.54, 1.807) is 16.7 Å². The predicted molar refractivity (Wildman–Crippen MR) is 64.2 cm³/mol. The van der Waals surface area contributed by atoms with Gasteiger partial charge in [-0.25, -0.2) is 0 Å². The number of hydrogen-bond donors (Lipinski definition) is 0. The van der Waals surface area contributed by atoms with Gasteiger partial charge in [0.15, 0.2) is 0 Å². The minimum Gasteiger partial charge on any atom is -0.147 e. The first-order chi connectivity index (χ1) is 5.42. The predicted octanol–water partition coefficient (Wildman–Crippen LogP) is 4.49. The molecule has 0 atom stereocenters. The minimum atomic E-state index is 0. The average molecular weight is 401 g/mol. The van der Waals surface area contributed by atoms with E-state index < -0.39 is 0 Å². The van der Waals surface area contributed by atoms with Crippen molar-refractivity contribution in [1.82, 2.24) is 0 Å². The van der Waals surface area contributed by atoms with Gasteiger partial charge in [0.1, 0.15) is 0 Å². The molecule has 0 N–H and O–H groups in total. The van der Waals surface area contributed by atoms with Gasteiger partial charge in [0.05, 0.1) is 0 Å². The second-order valence-corrected chi connectivity index (χ2v) is 5.43. The second kappa shape index (κ2) is 5.86. The van der Waals surface area contributed by atoms with E-state index in [2.05, 4.69) is 34.6 Å². The molecule has 1 rings (SSSR count). The molecule has 0 unspecified atom stereocenters. The molecule has 1 aliphatic rings. The summed E-state index contributed by atoms with van der Waals surface area (Å²) in [5.74, 6) is 0. The van der Waals surface area contributed by atoms with Gasteiger partial charge in [0.2, 0.25) is 0 Å². The summed E-state index contributed by atoms with van der Waals surface area (Å²) < 4.78 is 1.33. The van der Waals surface area contributed by atoms with E-state index >= 15 is 0 Å². The molecule has 1 aliphatic carbocycles. The summed E-state index contributed by atoms with van der Waals surface area (Å²) >= 11 is 1.29. The van der Waals surface area contributed by atoms with E-state index in [0.717, 1.165) is 0 Å². The largest absolute Gasteiger partial charge is 0.147 e. The molecule has 0 bridgehead atoms. The summed E-state index contributed by atoms with van der Waals surface area (Å²) in [7, 11) is 0. The Kier molecular flexibility index (Phi) is 7.26. The van der Waals surface area contributed by atoms with Crippen molar-refractivity contribution in [3.05, 3.63) is 22.3 Å². The van der Waals surface area contributed by atoms with Crippen molar-refractivity contribution in [2.24, 2.45) is 5.41 Å². The van der Waals surface area contributed by atoms with E-state index in [0.29, 0.717) is 5.41 Å². The van der Waals surface area contributed by atoms with Crippen LogP contribution in [0.2, 0.25) is 4.18 Å². The first-order valence-corrected chi connectivity index (χ1v) is 7.00. The van der Waals surface area contributed by atoms with Crippen LogP contribution in [0.1, 0.15) is 34.6 Å². The molecule has 0 aromatic carbocycles. The summed E-state index contributed by atoms with van der Waals surface area (Å²) in [6.07, 6.45) is 0. The molecule has 0 aromatic heterocycles. The average Bonchev–Trinajstić information content (AvgIpc) is 2.13. The molecule has 0 amide bonds. The summed E-state index contributed by atoms with van der Waals surface area (Å²) in [5, 5.41) is 0. The van der Waals surface area contributed by atoms with Crippen LogP contribution >= 0.6 is 24.8 Å². The first kappa shape index (κ1) is 17.3. The Hall–Kier alpha value is 0.930. The van der Waals surface area contributed by atoms with Crippen LogP contribution in [0.15, 0.2) is 22.3 Å². The maximum absolute atomic E-state index is 2.36. The monoisotopic (exact) mass is 401 g/mol. The number of allylic oxidation sites excluding steroid dienone is 4. The summed E-state index contributed by atoms with van der Waals surface area (Å²) in [6, 6.07) is 0. The number of halogens is 2. The molecule has 81 valence electrons. The minimum absolute atomic E-state index is 0. The Morgan fingerprint density at radius 2 is 1.43 bits per heavy atom. The molecule has 3 heteroatoms. The fourth-order valence-corrected chi connectivity index (χ4v) is 4.57.